The van der Waals surface area contributed by atoms with E-state index in [-0.39, 0.29) is 25.0 Å². The highest BCUT2D eigenvalue weighted by molar-refractivity contribution is 5.67. The van der Waals surface area contributed by atoms with E-state index in [9.17, 15) is 9.59 Å². The Morgan fingerprint density at radius 3 is 2.54 bits per heavy atom. The lowest BCUT2D eigenvalue weighted by Gasteiger charge is -2.14. The van der Waals surface area contributed by atoms with Crippen LogP contribution in [0.15, 0.2) is 0 Å². The van der Waals surface area contributed by atoms with Crippen molar-refractivity contribution in [2.75, 3.05) is 13.7 Å². The molecule has 0 rings (SSSR count). The molecule has 0 spiro atoms. The Morgan fingerprint density at radius 2 is 2.15 bits per heavy atom. The fourth-order valence-corrected chi connectivity index (χ4v) is 0.827. The van der Waals surface area contributed by atoms with Crippen LogP contribution < -0.4 is 5.32 Å². The highest BCUT2D eigenvalue weighted by Crippen LogP contribution is 1.97. The third-order valence-electron chi connectivity index (χ3n) is 1.60. The first kappa shape index (κ1) is 11.9. The Labute approximate surface area is 77.1 Å². The summed E-state index contributed by atoms with van der Waals surface area (Å²) >= 11 is 0. The van der Waals surface area contributed by atoms with Crippen molar-refractivity contribution in [3.63, 3.8) is 0 Å². The highest BCUT2D eigenvalue weighted by atomic mass is 16.5. The van der Waals surface area contributed by atoms with Gasteiger partial charge in [-0.15, -0.1) is 0 Å². The number of ether oxygens (including phenoxy) is 1. The van der Waals surface area contributed by atoms with E-state index in [1.165, 1.54) is 6.92 Å². The van der Waals surface area contributed by atoms with Gasteiger partial charge in [0.2, 0.25) is 0 Å². The van der Waals surface area contributed by atoms with Gasteiger partial charge in [-0.3, -0.25) is 9.59 Å². The van der Waals surface area contributed by atoms with Crippen LogP contribution >= 0.6 is 0 Å². The molecule has 0 heterocycles. The van der Waals surface area contributed by atoms with E-state index in [1.54, 1.807) is 7.05 Å². The van der Waals surface area contributed by atoms with Gasteiger partial charge in [-0.25, -0.2) is 0 Å². The number of carbonyl (C=O) groups is 2. The van der Waals surface area contributed by atoms with Crippen molar-refractivity contribution in [2.24, 2.45) is 0 Å². The molecule has 2 N–H and O–H groups in total. The third-order valence-corrected chi connectivity index (χ3v) is 1.60. The minimum absolute atomic E-state index is 0.0762. The summed E-state index contributed by atoms with van der Waals surface area (Å²) < 4.78 is 4.73. The SMILES string of the molecule is CNC(CCC(=O)O)COC(C)=O. The van der Waals surface area contributed by atoms with Gasteiger partial charge in [0.1, 0.15) is 6.61 Å². The fraction of sp³-hybridized carbons (Fsp3) is 0.750. The average Bonchev–Trinajstić information content (AvgIpc) is 2.04. The lowest BCUT2D eigenvalue weighted by Crippen LogP contribution is -2.31. The third kappa shape index (κ3) is 7.27. The van der Waals surface area contributed by atoms with E-state index in [1.807, 2.05) is 0 Å². The first-order valence-electron chi connectivity index (χ1n) is 4.08. The molecule has 0 aromatic carbocycles. The Hall–Kier alpha value is -1.10. The van der Waals surface area contributed by atoms with E-state index in [0.717, 1.165) is 0 Å². The Morgan fingerprint density at radius 1 is 1.54 bits per heavy atom. The normalized spacial score (nSPS) is 12.2. The molecule has 1 atom stereocenters. The number of esters is 1. The highest BCUT2D eigenvalue weighted by Gasteiger charge is 2.09. The number of carboxylic acid groups (broad SMARTS) is 1. The van der Waals surface area contributed by atoms with Crippen molar-refractivity contribution in [2.45, 2.75) is 25.8 Å². The van der Waals surface area contributed by atoms with E-state index in [4.69, 9.17) is 9.84 Å². The van der Waals surface area contributed by atoms with Crippen molar-refractivity contribution in [3.05, 3.63) is 0 Å². The van der Waals surface area contributed by atoms with E-state index >= 15 is 0 Å². The second-order valence-corrected chi connectivity index (χ2v) is 2.72. The second kappa shape index (κ2) is 6.42. The first-order chi connectivity index (χ1) is 6.06. The minimum Gasteiger partial charge on any atom is -0.481 e. The summed E-state index contributed by atoms with van der Waals surface area (Å²) in [5, 5.41) is 11.3. The Bertz CT molecular complexity index is 163. The summed E-state index contributed by atoms with van der Waals surface area (Å²) in [5.74, 6) is -1.20. The van der Waals surface area contributed by atoms with Crippen LogP contribution in [0.4, 0.5) is 0 Å². The largest absolute Gasteiger partial charge is 0.481 e. The molecule has 1 unspecified atom stereocenters. The molecule has 0 aromatic rings. The summed E-state index contributed by atoms with van der Waals surface area (Å²) in [6.45, 7) is 1.54. The zero-order valence-corrected chi connectivity index (χ0v) is 7.87. The van der Waals surface area contributed by atoms with Gasteiger partial charge in [0, 0.05) is 19.4 Å². The summed E-state index contributed by atoms with van der Waals surface area (Å²) in [7, 11) is 1.70. The van der Waals surface area contributed by atoms with Crippen molar-refractivity contribution >= 4 is 11.9 Å². The molecule has 0 aliphatic carbocycles. The van der Waals surface area contributed by atoms with Gasteiger partial charge in [-0.05, 0) is 13.5 Å². The fourth-order valence-electron chi connectivity index (χ4n) is 0.827. The molecule has 0 saturated heterocycles. The van der Waals surface area contributed by atoms with Crippen molar-refractivity contribution in [1.29, 1.82) is 0 Å². The quantitative estimate of drug-likeness (QED) is 0.575. The van der Waals surface area contributed by atoms with Crippen molar-refractivity contribution < 1.29 is 19.4 Å². The summed E-state index contributed by atoms with van der Waals surface area (Å²) in [4.78, 5) is 20.7. The molecule has 0 aromatic heterocycles. The number of hydrogen-bond donors (Lipinski definition) is 2. The van der Waals surface area contributed by atoms with Crippen molar-refractivity contribution in [3.8, 4) is 0 Å². The van der Waals surface area contributed by atoms with Gasteiger partial charge < -0.3 is 15.2 Å². The standard InChI is InChI=1S/C8H15NO4/c1-6(10)13-5-7(9-2)3-4-8(11)12/h7,9H,3-5H2,1-2H3,(H,11,12). The van der Waals surface area contributed by atoms with Gasteiger partial charge in [0.25, 0.3) is 0 Å². The molecule has 0 aliphatic rings. The zero-order chi connectivity index (χ0) is 10.3. The van der Waals surface area contributed by atoms with Crippen LogP contribution in [-0.4, -0.2) is 36.7 Å². The van der Waals surface area contributed by atoms with Crippen LogP contribution in [0.25, 0.3) is 0 Å². The van der Waals surface area contributed by atoms with Crippen LogP contribution in [0.3, 0.4) is 0 Å². The van der Waals surface area contributed by atoms with Gasteiger partial charge in [0.15, 0.2) is 0 Å². The maximum Gasteiger partial charge on any atom is 0.303 e. The molecule has 0 amide bonds. The molecule has 0 radical (unpaired) electrons. The van der Waals surface area contributed by atoms with Gasteiger partial charge >= 0.3 is 11.9 Å². The molecule has 0 bridgehead atoms. The minimum atomic E-state index is -0.844. The lowest BCUT2D eigenvalue weighted by atomic mass is 10.2. The number of nitrogens with one attached hydrogen (secondary N) is 1. The lowest BCUT2D eigenvalue weighted by molar-refractivity contribution is -0.141. The Balaban J connectivity index is 3.63. The van der Waals surface area contributed by atoms with Crippen LogP contribution in [0.1, 0.15) is 19.8 Å². The molecule has 76 valence electrons. The Kier molecular flexibility index (Phi) is 5.88. The first-order valence-corrected chi connectivity index (χ1v) is 4.08. The maximum atomic E-state index is 10.4. The number of carbonyl (C=O) groups excluding carboxylic acids is 1. The summed E-state index contributed by atoms with van der Waals surface area (Å²) in [6.07, 6.45) is 0.534. The van der Waals surface area contributed by atoms with Crippen LogP contribution in [0, 0.1) is 0 Å². The molecule has 0 aliphatic heterocycles. The van der Waals surface area contributed by atoms with Crippen molar-refractivity contribution in [1.82, 2.24) is 5.32 Å². The van der Waals surface area contributed by atoms with Gasteiger partial charge in [0.05, 0.1) is 0 Å². The number of likely N-dealkylation sites (N-methyl/N-ethyl adjacent to an activating group) is 1. The number of hydrogen-bond acceptors (Lipinski definition) is 4. The molecular formula is C8H15NO4. The van der Waals surface area contributed by atoms with E-state index in [2.05, 4.69) is 5.32 Å². The number of rotatable bonds is 6. The predicted molar refractivity (Wildman–Crippen MR) is 46.4 cm³/mol. The average molecular weight is 189 g/mol. The molecule has 13 heavy (non-hydrogen) atoms. The molecular weight excluding hydrogens is 174 g/mol. The van der Waals surface area contributed by atoms with Gasteiger partial charge in [-0.1, -0.05) is 0 Å². The predicted octanol–water partition coefficient (Wildman–Crippen LogP) is 0.00230. The van der Waals surface area contributed by atoms with Crippen LogP contribution in [0.5, 0.6) is 0 Å². The van der Waals surface area contributed by atoms with Gasteiger partial charge in [-0.2, -0.15) is 0 Å². The smallest absolute Gasteiger partial charge is 0.303 e. The van der Waals surface area contributed by atoms with Crippen LogP contribution in [0.2, 0.25) is 0 Å². The molecule has 5 heteroatoms. The topological polar surface area (TPSA) is 75.6 Å². The zero-order valence-electron chi connectivity index (χ0n) is 7.87. The monoisotopic (exact) mass is 189 g/mol. The number of carboxylic acids is 1. The number of aliphatic carboxylic acids is 1. The molecule has 5 nitrogen and oxygen atoms in total. The maximum absolute atomic E-state index is 10.4. The molecule has 0 saturated carbocycles. The molecule has 0 fully saturated rings. The van der Waals surface area contributed by atoms with Crippen LogP contribution in [-0.2, 0) is 14.3 Å². The van der Waals surface area contributed by atoms with E-state index < -0.39 is 5.97 Å². The summed E-state index contributed by atoms with van der Waals surface area (Å²) in [5.41, 5.74) is 0. The second-order valence-electron chi connectivity index (χ2n) is 2.72. The van der Waals surface area contributed by atoms with E-state index in [0.29, 0.717) is 6.42 Å². The summed E-state index contributed by atoms with van der Waals surface area (Å²) in [6, 6.07) is -0.0833.